The van der Waals surface area contributed by atoms with Gasteiger partial charge in [0, 0.05) is 17.7 Å². The van der Waals surface area contributed by atoms with Crippen molar-refractivity contribution in [2.45, 2.75) is 18.9 Å². The number of carboxylic acid groups (broad SMARTS) is 1. The summed E-state index contributed by atoms with van der Waals surface area (Å²) in [6, 6.07) is 13.4. The van der Waals surface area contributed by atoms with Gasteiger partial charge in [-0.1, -0.05) is 30.3 Å². The van der Waals surface area contributed by atoms with Gasteiger partial charge in [0.2, 0.25) is 0 Å². The van der Waals surface area contributed by atoms with Gasteiger partial charge >= 0.3 is 5.97 Å². The zero-order valence-corrected chi connectivity index (χ0v) is 16.6. The van der Waals surface area contributed by atoms with Gasteiger partial charge < -0.3 is 19.3 Å². The second-order valence-corrected chi connectivity index (χ2v) is 6.90. The summed E-state index contributed by atoms with van der Waals surface area (Å²) in [4.78, 5) is 13.9. The fourth-order valence-corrected chi connectivity index (χ4v) is 4.02. The lowest BCUT2D eigenvalue weighted by Crippen LogP contribution is -2.41. The normalized spacial score (nSPS) is 18.3. The molecule has 1 aliphatic heterocycles. The Kier molecular flexibility index (Phi) is 6.41. The molecule has 0 saturated carbocycles. The molecule has 3 rings (SSSR count). The molecule has 2 aromatic carbocycles. The van der Waals surface area contributed by atoms with E-state index in [1.54, 1.807) is 21.3 Å². The van der Waals surface area contributed by atoms with Gasteiger partial charge in [0.15, 0.2) is 11.5 Å². The molecule has 2 unspecified atom stereocenters. The summed E-state index contributed by atoms with van der Waals surface area (Å²) in [5, 5.41) is 9.57. The quantitative estimate of drug-likeness (QED) is 0.785. The monoisotopic (exact) mass is 385 g/mol. The summed E-state index contributed by atoms with van der Waals surface area (Å²) in [7, 11) is 4.88. The largest absolute Gasteiger partial charge is 0.496 e. The number of ether oxygens (including phenoxy) is 3. The predicted molar refractivity (Wildman–Crippen MR) is 106 cm³/mol. The molecular formula is C22H27NO5. The summed E-state index contributed by atoms with van der Waals surface area (Å²) >= 11 is 0. The van der Waals surface area contributed by atoms with E-state index in [0.29, 0.717) is 24.5 Å². The molecular weight excluding hydrogens is 358 g/mol. The van der Waals surface area contributed by atoms with Gasteiger partial charge in [0.1, 0.15) is 5.75 Å². The first-order valence-corrected chi connectivity index (χ1v) is 9.41. The highest BCUT2D eigenvalue weighted by Gasteiger charge is 2.34. The Morgan fingerprint density at radius 3 is 2.36 bits per heavy atom. The Hall–Kier alpha value is -2.73. The van der Waals surface area contributed by atoms with Crippen molar-refractivity contribution >= 4 is 5.97 Å². The predicted octanol–water partition coefficient (Wildman–Crippen LogP) is 3.60. The number of rotatable bonds is 7. The van der Waals surface area contributed by atoms with E-state index in [1.165, 1.54) is 0 Å². The van der Waals surface area contributed by atoms with Gasteiger partial charge in [-0.05, 0) is 31.5 Å². The Balaban J connectivity index is 2.14. The van der Waals surface area contributed by atoms with Crippen molar-refractivity contribution in [3.63, 3.8) is 0 Å². The summed E-state index contributed by atoms with van der Waals surface area (Å²) in [5.41, 5.74) is 1.90. The number of hydrogen-bond donors (Lipinski definition) is 1. The molecule has 1 fully saturated rings. The molecule has 0 bridgehead atoms. The first-order valence-electron chi connectivity index (χ1n) is 9.41. The van der Waals surface area contributed by atoms with E-state index in [0.717, 1.165) is 29.8 Å². The molecule has 0 spiro atoms. The third-order valence-corrected chi connectivity index (χ3v) is 5.33. The third kappa shape index (κ3) is 3.92. The average Bonchev–Trinajstić information content (AvgIpc) is 2.74. The Morgan fingerprint density at radius 1 is 1.00 bits per heavy atom. The second-order valence-electron chi connectivity index (χ2n) is 6.90. The van der Waals surface area contributed by atoms with E-state index >= 15 is 0 Å². The number of carboxylic acids is 1. The molecule has 2 atom stereocenters. The van der Waals surface area contributed by atoms with Crippen molar-refractivity contribution in [1.82, 2.24) is 4.90 Å². The van der Waals surface area contributed by atoms with Crippen LogP contribution < -0.4 is 14.2 Å². The lowest BCUT2D eigenvalue weighted by Gasteiger charge is -2.38. The Bertz CT molecular complexity index is 822. The van der Waals surface area contributed by atoms with Crippen molar-refractivity contribution in [3.05, 3.63) is 53.6 Å². The minimum Gasteiger partial charge on any atom is -0.496 e. The lowest BCUT2D eigenvalue weighted by atomic mass is 9.90. The van der Waals surface area contributed by atoms with Gasteiger partial charge in [0.05, 0.1) is 33.3 Å². The van der Waals surface area contributed by atoms with Crippen LogP contribution in [-0.2, 0) is 4.79 Å². The minimum absolute atomic E-state index is 0.205. The molecule has 6 heteroatoms. The molecule has 6 nitrogen and oxygen atoms in total. The van der Waals surface area contributed by atoms with E-state index in [4.69, 9.17) is 14.2 Å². The van der Waals surface area contributed by atoms with Crippen LogP contribution in [0.4, 0.5) is 0 Å². The summed E-state index contributed by atoms with van der Waals surface area (Å²) in [6.07, 6.45) is 1.52. The summed E-state index contributed by atoms with van der Waals surface area (Å²) in [6.45, 7) is 1.27. The van der Waals surface area contributed by atoms with Crippen LogP contribution in [0.25, 0.3) is 0 Å². The maximum atomic E-state index is 11.6. The summed E-state index contributed by atoms with van der Waals surface area (Å²) in [5.74, 6) is 0.920. The first kappa shape index (κ1) is 20.0. The SMILES string of the molecule is COc1ccccc1C(c1cccc(OC)c1OC)N1CCCC(C(=O)O)C1. The molecule has 1 saturated heterocycles. The average molecular weight is 385 g/mol. The minimum atomic E-state index is -0.749. The van der Waals surface area contributed by atoms with Crippen LogP contribution in [0.3, 0.4) is 0 Å². The van der Waals surface area contributed by atoms with Gasteiger partial charge in [0.25, 0.3) is 0 Å². The van der Waals surface area contributed by atoms with Crippen LogP contribution in [0.15, 0.2) is 42.5 Å². The highest BCUT2D eigenvalue weighted by atomic mass is 16.5. The van der Waals surface area contributed by atoms with Gasteiger partial charge in [-0.25, -0.2) is 0 Å². The molecule has 0 aromatic heterocycles. The number of aliphatic carboxylic acids is 1. The standard InChI is InChI=1S/C22H27NO5/c1-26-18-11-5-4-9-16(18)20(23-13-7-8-15(14-23)22(24)25)17-10-6-12-19(27-2)21(17)28-3/h4-6,9-12,15,20H,7-8,13-14H2,1-3H3,(H,24,25). The molecule has 150 valence electrons. The number of methoxy groups -OCH3 is 3. The van der Waals surface area contributed by atoms with Crippen molar-refractivity contribution in [1.29, 1.82) is 0 Å². The molecule has 0 aliphatic carbocycles. The maximum absolute atomic E-state index is 11.6. The smallest absolute Gasteiger partial charge is 0.307 e. The third-order valence-electron chi connectivity index (χ3n) is 5.33. The molecule has 2 aromatic rings. The van der Waals surface area contributed by atoms with E-state index < -0.39 is 5.97 Å². The van der Waals surface area contributed by atoms with Crippen LogP contribution in [0.5, 0.6) is 17.2 Å². The molecule has 1 N–H and O–H groups in total. The number of nitrogens with zero attached hydrogens (tertiary/aromatic N) is 1. The Morgan fingerprint density at radius 2 is 1.68 bits per heavy atom. The van der Waals surface area contributed by atoms with Crippen LogP contribution in [-0.4, -0.2) is 50.4 Å². The molecule has 1 aliphatic rings. The van der Waals surface area contributed by atoms with E-state index in [9.17, 15) is 9.90 Å². The van der Waals surface area contributed by atoms with Crippen LogP contribution >= 0.6 is 0 Å². The second kappa shape index (κ2) is 8.97. The summed E-state index contributed by atoms with van der Waals surface area (Å²) < 4.78 is 16.8. The Labute approximate surface area is 165 Å². The van der Waals surface area contributed by atoms with E-state index in [1.807, 2.05) is 42.5 Å². The molecule has 1 heterocycles. The molecule has 28 heavy (non-hydrogen) atoms. The van der Waals surface area contributed by atoms with Crippen molar-refractivity contribution in [2.75, 3.05) is 34.4 Å². The lowest BCUT2D eigenvalue weighted by molar-refractivity contribution is -0.143. The topological polar surface area (TPSA) is 68.2 Å². The van der Waals surface area contributed by atoms with Crippen molar-refractivity contribution < 1.29 is 24.1 Å². The highest BCUT2D eigenvalue weighted by molar-refractivity contribution is 5.70. The number of benzene rings is 2. The number of para-hydroxylation sites is 2. The molecule has 0 radical (unpaired) electrons. The number of carbonyl (C=O) groups is 1. The van der Waals surface area contributed by atoms with Gasteiger partial charge in [-0.3, -0.25) is 9.69 Å². The molecule has 0 amide bonds. The van der Waals surface area contributed by atoms with Crippen LogP contribution in [0, 0.1) is 5.92 Å². The fourth-order valence-electron chi connectivity index (χ4n) is 4.02. The van der Waals surface area contributed by atoms with E-state index in [-0.39, 0.29) is 12.0 Å². The van der Waals surface area contributed by atoms with Crippen molar-refractivity contribution in [2.24, 2.45) is 5.92 Å². The maximum Gasteiger partial charge on any atom is 0.307 e. The zero-order valence-electron chi connectivity index (χ0n) is 16.6. The fraction of sp³-hybridized carbons (Fsp3) is 0.409. The number of hydrogen-bond acceptors (Lipinski definition) is 5. The van der Waals surface area contributed by atoms with Crippen molar-refractivity contribution in [3.8, 4) is 17.2 Å². The van der Waals surface area contributed by atoms with Crippen LogP contribution in [0.2, 0.25) is 0 Å². The van der Waals surface area contributed by atoms with E-state index in [2.05, 4.69) is 4.90 Å². The number of piperidine rings is 1. The zero-order chi connectivity index (χ0) is 20.1. The van der Waals surface area contributed by atoms with Crippen LogP contribution in [0.1, 0.15) is 30.0 Å². The van der Waals surface area contributed by atoms with Gasteiger partial charge in [-0.2, -0.15) is 0 Å². The highest BCUT2D eigenvalue weighted by Crippen LogP contribution is 2.43. The number of likely N-dealkylation sites (tertiary alicyclic amines) is 1. The first-order chi connectivity index (χ1) is 13.6. The van der Waals surface area contributed by atoms with Gasteiger partial charge in [-0.15, -0.1) is 0 Å².